The number of amides is 2. The fraction of sp³-hybridized carbons (Fsp3) is 0.136. The van der Waals surface area contributed by atoms with Crippen LogP contribution in [0.25, 0.3) is 0 Å². The highest BCUT2D eigenvalue weighted by molar-refractivity contribution is 6.03. The van der Waals surface area contributed by atoms with Crippen LogP contribution in [0.3, 0.4) is 0 Å². The Bertz CT molecular complexity index is 788. The summed E-state index contributed by atoms with van der Waals surface area (Å²) in [5.41, 5.74) is 2.90. The Morgan fingerprint density at radius 3 is 1.60 bits per heavy atom. The summed E-state index contributed by atoms with van der Waals surface area (Å²) >= 11 is 0. The van der Waals surface area contributed by atoms with Gasteiger partial charge in [0.05, 0.1) is 6.54 Å². The number of carbonyl (C=O) groups is 1. The molecule has 0 heterocycles. The minimum Gasteiger partial charge on any atom is -0.294 e. The molecule has 0 aliphatic carbocycles. The van der Waals surface area contributed by atoms with Gasteiger partial charge in [-0.05, 0) is 36.8 Å². The lowest BCUT2D eigenvalue weighted by molar-refractivity contribution is 0.251. The lowest BCUT2D eigenvalue weighted by Gasteiger charge is -2.30. The van der Waals surface area contributed by atoms with Gasteiger partial charge in [0, 0.05) is 17.9 Å². The Morgan fingerprint density at radius 1 is 0.680 bits per heavy atom. The van der Waals surface area contributed by atoms with E-state index in [1.54, 1.807) is 4.90 Å². The Balaban J connectivity index is 1.94. The Labute approximate surface area is 149 Å². The van der Waals surface area contributed by atoms with Crippen molar-refractivity contribution < 1.29 is 4.79 Å². The van der Waals surface area contributed by atoms with Crippen LogP contribution in [0.1, 0.15) is 12.5 Å². The second-order valence-electron chi connectivity index (χ2n) is 5.77. The number of anilines is 2. The van der Waals surface area contributed by atoms with Crippen molar-refractivity contribution in [3.63, 3.8) is 0 Å². The summed E-state index contributed by atoms with van der Waals surface area (Å²) in [6.45, 7) is 3.14. The molecular formula is C22H22N2O. The van der Waals surface area contributed by atoms with Crippen LogP contribution in [0.4, 0.5) is 16.2 Å². The topological polar surface area (TPSA) is 23.6 Å². The highest BCUT2D eigenvalue weighted by atomic mass is 16.2. The van der Waals surface area contributed by atoms with E-state index in [4.69, 9.17) is 0 Å². The van der Waals surface area contributed by atoms with E-state index in [-0.39, 0.29) is 6.03 Å². The molecule has 0 aliphatic rings. The predicted octanol–water partition coefficient (Wildman–Crippen LogP) is 5.34. The van der Waals surface area contributed by atoms with Gasteiger partial charge in [0.25, 0.3) is 0 Å². The van der Waals surface area contributed by atoms with E-state index >= 15 is 0 Å². The molecule has 0 bridgehead atoms. The van der Waals surface area contributed by atoms with Crippen molar-refractivity contribution in [2.75, 3.05) is 16.3 Å². The van der Waals surface area contributed by atoms with E-state index in [1.807, 2.05) is 103 Å². The van der Waals surface area contributed by atoms with Crippen molar-refractivity contribution in [3.05, 3.63) is 96.6 Å². The first-order valence-electron chi connectivity index (χ1n) is 8.52. The normalized spacial score (nSPS) is 10.3. The Hall–Kier alpha value is -3.07. The van der Waals surface area contributed by atoms with Crippen molar-refractivity contribution in [2.45, 2.75) is 13.5 Å². The van der Waals surface area contributed by atoms with Gasteiger partial charge in [-0.1, -0.05) is 66.7 Å². The van der Waals surface area contributed by atoms with Crippen LogP contribution in [0.5, 0.6) is 0 Å². The summed E-state index contributed by atoms with van der Waals surface area (Å²) in [6, 6.07) is 29.7. The third-order valence-corrected chi connectivity index (χ3v) is 4.10. The third kappa shape index (κ3) is 4.07. The standard InChI is InChI=1S/C22H22N2O/c1-2-23(20-14-8-4-9-15-20)22(25)24(21-16-10-5-11-17-21)18-19-12-6-3-7-13-19/h3-17H,2,18H2,1H3. The fourth-order valence-electron chi connectivity index (χ4n) is 2.83. The first-order chi connectivity index (χ1) is 12.3. The van der Waals surface area contributed by atoms with Gasteiger partial charge in [-0.3, -0.25) is 9.80 Å². The van der Waals surface area contributed by atoms with Gasteiger partial charge in [0.1, 0.15) is 0 Å². The molecule has 3 aromatic carbocycles. The minimum absolute atomic E-state index is 0.0243. The molecule has 0 saturated heterocycles. The van der Waals surface area contributed by atoms with E-state index < -0.39 is 0 Å². The van der Waals surface area contributed by atoms with Crippen molar-refractivity contribution in [2.24, 2.45) is 0 Å². The van der Waals surface area contributed by atoms with Crippen LogP contribution in [0.15, 0.2) is 91.0 Å². The van der Waals surface area contributed by atoms with Gasteiger partial charge in [-0.15, -0.1) is 0 Å². The lowest BCUT2D eigenvalue weighted by Crippen LogP contribution is -2.43. The van der Waals surface area contributed by atoms with Gasteiger partial charge in [-0.2, -0.15) is 0 Å². The summed E-state index contributed by atoms with van der Waals surface area (Å²) < 4.78 is 0. The SMILES string of the molecule is CCN(C(=O)N(Cc1ccccc1)c1ccccc1)c1ccccc1. The average molecular weight is 330 g/mol. The summed E-state index contributed by atoms with van der Waals surface area (Å²) in [5.74, 6) is 0. The fourth-order valence-corrected chi connectivity index (χ4v) is 2.83. The zero-order valence-electron chi connectivity index (χ0n) is 14.4. The molecule has 0 aromatic heterocycles. The first kappa shape index (κ1) is 16.8. The maximum Gasteiger partial charge on any atom is 0.329 e. The van der Waals surface area contributed by atoms with E-state index in [0.717, 1.165) is 16.9 Å². The maximum absolute atomic E-state index is 13.3. The number of urea groups is 1. The molecule has 3 heteroatoms. The van der Waals surface area contributed by atoms with E-state index in [9.17, 15) is 4.79 Å². The molecule has 0 fully saturated rings. The monoisotopic (exact) mass is 330 g/mol. The molecule has 2 amide bonds. The molecule has 0 spiro atoms. The molecule has 0 aliphatic heterocycles. The van der Waals surface area contributed by atoms with Gasteiger partial charge in [0.2, 0.25) is 0 Å². The molecule has 0 N–H and O–H groups in total. The maximum atomic E-state index is 13.3. The number of rotatable bonds is 5. The van der Waals surface area contributed by atoms with Crippen LogP contribution >= 0.6 is 0 Å². The van der Waals surface area contributed by atoms with E-state index in [1.165, 1.54) is 0 Å². The second-order valence-corrected chi connectivity index (χ2v) is 5.77. The molecule has 25 heavy (non-hydrogen) atoms. The van der Waals surface area contributed by atoms with Gasteiger partial charge in [-0.25, -0.2) is 4.79 Å². The van der Waals surface area contributed by atoms with Gasteiger partial charge < -0.3 is 0 Å². The van der Waals surface area contributed by atoms with Crippen LogP contribution in [0, 0.1) is 0 Å². The lowest BCUT2D eigenvalue weighted by atomic mass is 10.2. The van der Waals surface area contributed by atoms with Crippen molar-refractivity contribution >= 4 is 17.4 Å². The Morgan fingerprint density at radius 2 is 1.12 bits per heavy atom. The molecular weight excluding hydrogens is 308 g/mol. The van der Waals surface area contributed by atoms with E-state index in [0.29, 0.717) is 13.1 Å². The number of hydrogen-bond acceptors (Lipinski definition) is 1. The summed E-state index contributed by atoms with van der Waals surface area (Å²) in [7, 11) is 0. The van der Waals surface area contributed by atoms with Crippen molar-refractivity contribution in [3.8, 4) is 0 Å². The van der Waals surface area contributed by atoms with Crippen LogP contribution < -0.4 is 9.80 Å². The van der Waals surface area contributed by atoms with Crippen LogP contribution in [0.2, 0.25) is 0 Å². The molecule has 0 atom stereocenters. The summed E-state index contributed by atoms with van der Waals surface area (Å²) in [6.07, 6.45) is 0. The van der Waals surface area contributed by atoms with Crippen molar-refractivity contribution in [1.29, 1.82) is 0 Å². The largest absolute Gasteiger partial charge is 0.329 e. The van der Waals surface area contributed by atoms with Gasteiger partial charge in [0.15, 0.2) is 0 Å². The third-order valence-electron chi connectivity index (χ3n) is 4.10. The molecule has 126 valence electrons. The smallest absolute Gasteiger partial charge is 0.294 e. The minimum atomic E-state index is -0.0243. The summed E-state index contributed by atoms with van der Waals surface area (Å²) in [5, 5.41) is 0. The number of carbonyl (C=O) groups excluding carboxylic acids is 1. The molecule has 0 radical (unpaired) electrons. The summed E-state index contributed by atoms with van der Waals surface area (Å²) in [4.78, 5) is 17.0. The zero-order valence-corrected chi connectivity index (χ0v) is 14.4. The van der Waals surface area contributed by atoms with E-state index in [2.05, 4.69) is 0 Å². The van der Waals surface area contributed by atoms with Crippen LogP contribution in [-0.2, 0) is 6.54 Å². The number of benzene rings is 3. The number of para-hydroxylation sites is 2. The second kappa shape index (κ2) is 8.15. The number of hydrogen-bond donors (Lipinski definition) is 0. The zero-order chi connectivity index (χ0) is 17.5. The first-order valence-corrected chi connectivity index (χ1v) is 8.52. The molecule has 3 rings (SSSR count). The van der Waals surface area contributed by atoms with Gasteiger partial charge >= 0.3 is 6.03 Å². The van der Waals surface area contributed by atoms with Crippen molar-refractivity contribution in [1.82, 2.24) is 0 Å². The Kier molecular flexibility index (Phi) is 5.47. The average Bonchev–Trinajstić information content (AvgIpc) is 2.69. The van der Waals surface area contributed by atoms with Crippen LogP contribution in [-0.4, -0.2) is 12.6 Å². The number of nitrogens with zero attached hydrogens (tertiary/aromatic N) is 2. The molecule has 0 unspecified atom stereocenters. The predicted molar refractivity (Wildman–Crippen MR) is 104 cm³/mol. The highest BCUT2D eigenvalue weighted by Gasteiger charge is 2.22. The highest BCUT2D eigenvalue weighted by Crippen LogP contribution is 2.22. The quantitative estimate of drug-likeness (QED) is 0.619. The molecule has 0 saturated carbocycles. The molecule has 3 nitrogen and oxygen atoms in total. The molecule has 3 aromatic rings.